The van der Waals surface area contributed by atoms with Crippen molar-refractivity contribution in [3.63, 3.8) is 0 Å². The Morgan fingerprint density at radius 3 is 2.76 bits per heavy atom. The fraction of sp³-hybridized carbons (Fsp3) is 0.0714. The van der Waals surface area contributed by atoms with E-state index in [0.717, 1.165) is 6.07 Å². The molecule has 1 aromatic heterocycles. The van der Waals surface area contributed by atoms with E-state index in [0.29, 0.717) is 5.69 Å². The molecule has 0 fully saturated rings. The van der Waals surface area contributed by atoms with Gasteiger partial charge >= 0.3 is 5.97 Å². The number of nitrogens with one attached hydrogen (secondary N) is 1. The van der Waals surface area contributed by atoms with E-state index in [1.54, 1.807) is 18.2 Å². The SMILES string of the molecule is O=C(O)COc1ccccc1NC(=O)c1ccnc(F)c1. The summed E-state index contributed by atoms with van der Waals surface area (Å²) in [6.45, 7) is -0.531. The largest absolute Gasteiger partial charge is 0.480 e. The Bertz CT molecular complexity index is 676. The molecule has 2 aromatic rings. The Morgan fingerprint density at radius 1 is 1.29 bits per heavy atom. The van der Waals surface area contributed by atoms with Crippen molar-refractivity contribution in [3.8, 4) is 5.75 Å². The first-order valence-electron chi connectivity index (χ1n) is 5.93. The van der Waals surface area contributed by atoms with E-state index >= 15 is 0 Å². The van der Waals surface area contributed by atoms with E-state index in [2.05, 4.69) is 10.3 Å². The van der Waals surface area contributed by atoms with Crippen LogP contribution in [0, 0.1) is 5.95 Å². The van der Waals surface area contributed by atoms with Gasteiger partial charge in [-0.2, -0.15) is 4.39 Å². The monoisotopic (exact) mass is 290 g/mol. The smallest absolute Gasteiger partial charge is 0.341 e. The average molecular weight is 290 g/mol. The van der Waals surface area contributed by atoms with Gasteiger partial charge in [0.1, 0.15) is 5.75 Å². The number of aromatic nitrogens is 1. The summed E-state index contributed by atoms with van der Waals surface area (Å²) in [5, 5.41) is 11.1. The fourth-order valence-electron chi connectivity index (χ4n) is 1.57. The van der Waals surface area contributed by atoms with Crippen molar-refractivity contribution in [2.24, 2.45) is 0 Å². The number of carbonyl (C=O) groups is 2. The Kier molecular flexibility index (Phi) is 4.45. The van der Waals surface area contributed by atoms with Gasteiger partial charge in [0.25, 0.3) is 5.91 Å². The first kappa shape index (κ1) is 14.4. The molecule has 108 valence electrons. The summed E-state index contributed by atoms with van der Waals surface area (Å²) in [5.74, 6) is -2.24. The molecule has 1 heterocycles. The molecule has 2 N–H and O–H groups in total. The molecule has 0 saturated carbocycles. The molecule has 0 radical (unpaired) electrons. The molecular formula is C14H11FN2O4. The molecule has 0 spiro atoms. The molecule has 0 unspecified atom stereocenters. The van der Waals surface area contributed by atoms with Gasteiger partial charge in [-0.3, -0.25) is 4.79 Å². The molecule has 0 aliphatic heterocycles. The molecular weight excluding hydrogens is 279 g/mol. The predicted molar refractivity (Wildman–Crippen MR) is 71.7 cm³/mol. The van der Waals surface area contributed by atoms with Crippen molar-refractivity contribution in [2.75, 3.05) is 11.9 Å². The highest BCUT2D eigenvalue weighted by Gasteiger charge is 2.11. The zero-order chi connectivity index (χ0) is 15.2. The minimum atomic E-state index is -1.13. The van der Waals surface area contributed by atoms with Crippen molar-refractivity contribution in [2.45, 2.75) is 0 Å². The topological polar surface area (TPSA) is 88.5 Å². The molecule has 0 aliphatic carbocycles. The maximum Gasteiger partial charge on any atom is 0.341 e. The van der Waals surface area contributed by atoms with Crippen molar-refractivity contribution in [1.29, 1.82) is 0 Å². The number of carbonyl (C=O) groups excluding carboxylic acids is 1. The van der Waals surface area contributed by atoms with Crippen molar-refractivity contribution < 1.29 is 23.8 Å². The van der Waals surface area contributed by atoms with Crippen LogP contribution in [0.2, 0.25) is 0 Å². The Balaban J connectivity index is 2.15. The third-order valence-corrected chi connectivity index (χ3v) is 2.48. The minimum absolute atomic E-state index is 0.0931. The summed E-state index contributed by atoms with van der Waals surface area (Å²) in [4.78, 5) is 25.8. The second-order valence-corrected chi connectivity index (χ2v) is 4.00. The van der Waals surface area contributed by atoms with Gasteiger partial charge in [0, 0.05) is 17.8 Å². The number of carboxylic acid groups (broad SMARTS) is 1. The summed E-state index contributed by atoms with van der Waals surface area (Å²) < 4.78 is 18.0. The lowest BCUT2D eigenvalue weighted by Crippen LogP contribution is -2.15. The van der Waals surface area contributed by atoms with Crippen LogP contribution in [0.4, 0.5) is 10.1 Å². The van der Waals surface area contributed by atoms with Crippen LogP contribution >= 0.6 is 0 Å². The van der Waals surface area contributed by atoms with Gasteiger partial charge in [0.15, 0.2) is 6.61 Å². The predicted octanol–water partition coefficient (Wildman–Crippen LogP) is 1.94. The van der Waals surface area contributed by atoms with E-state index in [-0.39, 0.29) is 11.3 Å². The van der Waals surface area contributed by atoms with E-state index < -0.39 is 24.4 Å². The van der Waals surface area contributed by atoms with Crippen LogP contribution in [0.1, 0.15) is 10.4 Å². The number of nitrogens with zero attached hydrogens (tertiary/aromatic N) is 1. The lowest BCUT2D eigenvalue weighted by atomic mass is 10.2. The van der Waals surface area contributed by atoms with Gasteiger partial charge < -0.3 is 15.2 Å². The number of benzene rings is 1. The number of ether oxygens (including phenoxy) is 1. The fourth-order valence-corrected chi connectivity index (χ4v) is 1.57. The zero-order valence-electron chi connectivity index (χ0n) is 10.7. The van der Waals surface area contributed by atoms with Gasteiger partial charge in [-0.05, 0) is 18.2 Å². The highest BCUT2D eigenvalue weighted by Crippen LogP contribution is 2.24. The first-order chi connectivity index (χ1) is 10.1. The number of hydrogen-bond acceptors (Lipinski definition) is 4. The Morgan fingerprint density at radius 2 is 2.05 bits per heavy atom. The molecule has 2 rings (SSSR count). The Labute approximate surface area is 119 Å². The standard InChI is InChI=1S/C14H11FN2O4/c15-12-7-9(5-6-16-12)14(20)17-10-3-1-2-4-11(10)21-8-13(18)19/h1-7H,8H2,(H,17,20)(H,18,19). The maximum atomic E-state index is 13.0. The van der Waals surface area contributed by atoms with Crippen LogP contribution in [0.15, 0.2) is 42.6 Å². The van der Waals surface area contributed by atoms with Crippen LogP contribution < -0.4 is 10.1 Å². The molecule has 7 heteroatoms. The summed E-state index contributed by atoms with van der Waals surface area (Å²) >= 11 is 0. The number of amides is 1. The molecule has 21 heavy (non-hydrogen) atoms. The van der Waals surface area contributed by atoms with Crippen LogP contribution in [0.25, 0.3) is 0 Å². The number of carboxylic acids is 1. The molecule has 1 amide bonds. The lowest BCUT2D eigenvalue weighted by Gasteiger charge is -2.11. The first-order valence-corrected chi connectivity index (χ1v) is 5.93. The summed E-state index contributed by atoms with van der Waals surface area (Å²) in [5.41, 5.74) is 0.386. The highest BCUT2D eigenvalue weighted by molar-refractivity contribution is 6.04. The van der Waals surface area contributed by atoms with E-state index in [1.165, 1.54) is 18.3 Å². The van der Waals surface area contributed by atoms with E-state index in [4.69, 9.17) is 9.84 Å². The summed E-state index contributed by atoms with van der Waals surface area (Å²) in [6.07, 6.45) is 1.18. The number of aliphatic carboxylic acids is 1. The van der Waals surface area contributed by atoms with Crippen molar-refractivity contribution in [3.05, 3.63) is 54.1 Å². The van der Waals surface area contributed by atoms with Crippen LogP contribution in [-0.4, -0.2) is 28.6 Å². The highest BCUT2D eigenvalue weighted by atomic mass is 19.1. The van der Waals surface area contributed by atoms with E-state index in [1.807, 2.05) is 0 Å². The molecule has 0 atom stereocenters. The number of anilines is 1. The maximum absolute atomic E-state index is 13.0. The molecule has 0 aliphatic rings. The normalized spacial score (nSPS) is 9.95. The van der Waals surface area contributed by atoms with Gasteiger partial charge in [-0.15, -0.1) is 0 Å². The molecule has 0 saturated heterocycles. The van der Waals surface area contributed by atoms with Crippen LogP contribution in [0.5, 0.6) is 5.75 Å². The lowest BCUT2D eigenvalue weighted by molar-refractivity contribution is -0.139. The van der Waals surface area contributed by atoms with Crippen molar-refractivity contribution >= 4 is 17.6 Å². The van der Waals surface area contributed by atoms with E-state index in [9.17, 15) is 14.0 Å². The quantitative estimate of drug-likeness (QED) is 0.821. The second kappa shape index (κ2) is 6.47. The third kappa shape index (κ3) is 4.00. The van der Waals surface area contributed by atoms with Gasteiger partial charge in [0.05, 0.1) is 5.69 Å². The number of halogens is 1. The van der Waals surface area contributed by atoms with Gasteiger partial charge in [0.2, 0.25) is 5.95 Å². The minimum Gasteiger partial charge on any atom is -0.480 e. The number of hydrogen-bond donors (Lipinski definition) is 2. The average Bonchev–Trinajstić information content (AvgIpc) is 2.46. The molecule has 0 bridgehead atoms. The zero-order valence-corrected chi connectivity index (χ0v) is 10.7. The molecule has 1 aromatic carbocycles. The second-order valence-electron chi connectivity index (χ2n) is 4.00. The number of pyridine rings is 1. The summed E-state index contributed by atoms with van der Waals surface area (Å²) in [6, 6.07) is 8.71. The van der Waals surface area contributed by atoms with Crippen molar-refractivity contribution in [1.82, 2.24) is 4.98 Å². The third-order valence-electron chi connectivity index (χ3n) is 2.48. The van der Waals surface area contributed by atoms with Gasteiger partial charge in [-0.25, -0.2) is 9.78 Å². The molecule has 6 nitrogen and oxygen atoms in total. The van der Waals surface area contributed by atoms with Crippen LogP contribution in [-0.2, 0) is 4.79 Å². The Hall–Kier alpha value is -2.96. The number of para-hydroxylation sites is 2. The van der Waals surface area contributed by atoms with Gasteiger partial charge in [-0.1, -0.05) is 12.1 Å². The van der Waals surface area contributed by atoms with Crippen LogP contribution in [0.3, 0.4) is 0 Å². The number of rotatable bonds is 5. The summed E-state index contributed by atoms with van der Waals surface area (Å²) in [7, 11) is 0.